The van der Waals surface area contributed by atoms with Crippen LogP contribution in [0.5, 0.6) is 0 Å². The molecule has 1 aromatic carbocycles. The van der Waals surface area contributed by atoms with Gasteiger partial charge in [-0.15, -0.1) is 0 Å². The second-order valence-electron chi connectivity index (χ2n) is 5.60. The molecule has 0 bridgehead atoms. The average molecular weight is 383 g/mol. The molecule has 0 aliphatic heterocycles. The fraction of sp³-hybridized carbons (Fsp3) is 0.312. The fourth-order valence-corrected chi connectivity index (χ4v) is 3.47. The lowest BCUT2D eigenvalue weighted by Crippen LogP contribution is -2.29. The molecule has 0 aliphatic rings. The lowest BCUT2D eigenvalue weighted by molar-refractivity contribution is 0.446. The van der Waals surface area contributed by atoms with E-state index in [1.54, 1.807) is 18.3 Å². The van der Waals surface area contributed by atoms with Crippen molar-refractivity contribution in [3.05, 3.63) is 59.9 Å². The molecule has 0 spiro atoms. The van der Waals surface area contributed by atoms with Crippen LogP contribution in [0.25, 0.3) is 0 Å². The van der Waals surface area contributed by atoms with E-state index in [1.807, 2.05) is 24.3 Å². The van der Waals surface area contributed by atoms with Crippen LogP contribution >= 0.6 is 15.9 Å². The highest BCUT2D eigenvalue weighted by Crippen LogP contribution is 2.41. The van der Waals surface area contributed by atoms with E-state index in [2.05, 4.69) is 34.8 Å². The number of pyridine rings is 1. The largest absolute Gasteiger partial charge is 0.260 e. The van der Waals surface area contributed by atoms with Gasteiger partial charge in [-0.3, -0.25) is 4.98 Å². The number of aromatic nitrogens is 1. The highest BCUT2D eigenvalue weighted by Gasteiger charge is 2.34. The van der Waals surface area contributed by atoms with Crippen molar-refractivity contribution in [2.45, 2.75) is 29.5 Å². The predicted octanol–water partition coefficient (Wildman–Crippen LogP) is 3.22. The summed E-state index contributed by atoms with van der Waals surface area (Å²) in [6.45, 7) is 4.21. The normalized spacial score (nSPS) is 14.8. The molecule has 0 saturated heterocycles. The van der Waals surface area contributed by atoms with Crippen LogP contribution < -0.4 is 5.14 Å². The molecule has 1 aromatic heterocycles. The van der Waals surface area contributed by atoms with Gasteiger partial charge in [0, 0.05) is 6.20 Å². The molecule has 2 N–H and O–H groups in total. The van der Waals surface area contributed by atoms with E-state index in [0.29, 0.717) is 6.42 Å². The van der Waals surface area contributed by atoms with Crippen LogP contribution in [0.2, 0.25) is 0 Å². The minimum atomic E-state index is -3.70. The van der Waals surface area contributed by atoms with Crippen molar-refractivity contribution in [1.82, 2.24) is 4.98 Å². The third-order valence-corrected chi connectivity index (χ3v) is 6.21. The minimum Gasteiger partial charge on any atom is -0.260 e. The molecule has 4 nitrogen and oxygen atoms in total. The summed E-state index contributed by atoms with van der Waals surface area (Å²) >= 11 is 3.83. The zero-order valence-corrected chi connectivity index (χ0v) is 14.9. The second-order valence-corrected chi connectivity index (χ2v) is 8.58. The molecular weight excluding hydrogens is 364 g/mol. The van der Waals surface area contributed by atoms with E-state index in [4.69, 9.17) is 5.14 Å². The summed E-state index contributed by atoms with van der Waals surface area (Å²) in [4.78, 5) is 4.58. The first-order chi connectivity index (χ1) is 10.2. The Hall–Kier alpha value is -1.24. The molecule has 0 fully saturated rings. The first kappa shape index (κ1) is 17.1. The van der Waals surface area contributed by atoms with E-state index >= 15 is 0 Å². The summed E-state index contributed by atoms with van der Waals surface area (Å²) in [5, 5.41) is 5.21. The number of halogens is 1. The average Bonchev–Trinajstić information content (AvgIpc) is 2.47. The third-order valence-electron chi connectivity index (χ3n) is 3.69. The Kier molecular flexibility index (Phi) is 5.04. The van der Waals surface area contributed by atoms with E-state index < -0.39 is 10.0 Å². The molecule has 6 heteroatoms. The molecule has 22 heavy (non-hydrogen) atoms. The van der Waals surface area contributed by atoms with Crippen LogP contribution in [0.15, 0.2) is 53.6 Å². The zero-order valence-electron chi connectivity index (χ0n) is 12.5. The highest BCUT2D eigenvalue weighted by molar-refractivity contribution is 9.09. The van der Waals surface area contributed by atoms with Crippen molar-refractivity contribution in [3.63, 3.8) is 0 Å². The number of benzene rings is 1. The lowest BCUT2D eigenvalue weighted by atomic mass is 9.86. The molecule has 118 valence electrons. The number of hydrogen-bond acceptors (Lipinski definition) is 3. The quantitative estimate of drug-likeness (QED) is 0.806. The summed E-state index contributed by atoms with van der Waals surface area (Å²) in [7, 11) is -3.70. The van der Waals surface area contributed by atoms with Gasteiger partial charge in [-0.1, -0.05) is 48.0 Å². The van der Waals surface area contributed by atoms with Gasteiger partial charge in [0.1, 0.15) is 0 Å². The number of alkyl halides is 1. The molecule has 2 rings (SSSR count). The summed E-state index contributed by atoms with van der Waals surface area (Å²) in [6.07, 6.45) is 2.37. The van der Waals surface area contributed by atoms with Gasteiger partial charge in [0.05, 0.1) is 14.9 Å². The standard InChI is InChI=1S/C16H19BrN2O2S/c1-12(2)16(17,15-8-3-4-9-19-15)11-13-6-5-7-14(10-13)22(18,20)21/h3-10,12H,11H2,1-2H3,(H2,18,20,21). The van der Waals surface area contributed by atoms with Crippen molar-refractivity contribution in [3.8, 4) is 0 Å². The third kappa shape index (κ3) is 3.74. The number of hydrogen-bond donors (Lipinski definition) is 1. The van der Waals surface area contributed by atoms with E-state index in [9.17, 15) is 8.42 Å². The smallest absolute Gasteiger partial charge is 0.238 e. The summed E-state index contributed by atoms with van der Waals surface area (Å²) in [5.41, 5.74) is 1.81. The van der Waals surface area contributed by atoms with Crippen LogP contribution in [-0.2, 0) is 20.8 Å². The van der Waals surface area contributed by atoms with Gasteiger partial charge in [0.25, 0.3) is 0 Å². The Morgan fingerprint density at radius 2 is 1.95 bits per heavy atom. The molecule has 1 atom stereocenters. The molecule has 1 heterocycles. The maximum absolute atomic E-state index is 11.5. The van der Waals surface area contributed by atoms with Crippen LogP contribution in [0.4, 0.5) is 0 Å². The molecule has 0 saturated carbocycles. The summed E-state index contributed by atoms with van der Waals surface area (Å²) in [5.74, 6) is 0.264. The lowest BCUT2D eigenvalue weighted by Gasteiger charge is -2.31. The Bertz CT molecular complexity index is 748. The molecular formula is C16H19BrN2O2S. The topological polar surface area (TPSA) is 73.1 Å². The Balaban J connectivity index is 2.42. The van der Waals surface area contributed by atoms with E-state index in [1.165, 1.54) is 6.07 Å². The number of sulfonamides is 1. The maximum Gasteiger partial charge on any atom is 0.238 e. The Labute approximate surface area is 140 Å². The predicted molar refractivity (Wildman–Crippen MR) is 91.2 cm³/mol. The first-order valence-corrected chi connectivity index (χ1v) is 9.29. The van der Waals surface area contributed by atoms with Gasteiger partial charge in [-0.25, -0.2) is 13.6 Å². The minimum absolute atomic E-state index is 0.129. The number of nitrogens with two attached hydrogens (primary N) is 1. The van der Waals surface area contributed by atoms with Crippen molar-refractivity contribution in [2.24, 2.45) is 11.1 Å². The number of nitrogens with zero attached hydrogens (tertiary/aromatic N) is 1. The molecule has 2 aromatic rings. The van der Waals surface area contributed by atoms with Crippen LogP contribution in [0, 0.1) is 5.92 Å². The van der Waals surface area contributed by atoms with Crippen LogP contribution in [0.1, 0.15) is 25.1 Å². The van der Waals surface area contributed by atoms with Gasteiger partial charge in [0.15, 0.2) is 0 Å². The van der Waals surface area contributed by atoms with Crippen LogP contribution in [-0.4, -0.2) is 13.4 Å². The number of rotatable bonds is 5. The molecule has 0 amide bonds. The summed E-state index contributed by atoms with van der Waals surface area (Å²) in [6, 6.07) is 12.5. The molecule has 0 aliphatic carbocycles. The maximum atomic E-state index is 11.5. The highest BCUT2D eigenvalue weighted by atomic mass is 79.9. The fourth-order valence-electron chi connectivity index (χ4n) is 2.33. The van der Waals surface area contributed by atoms with Crippen molar-refractivity contribution in [2.75, 3.05) is 0 Å². The second kappa shape index (κ2) is 6.48. The van der Waals surface area contributed by atoms with Crippen molar-refractivity contribution >= 4 is 26.0 Å². The molecule has 1 unspecified atom stereocenters. The van der Waals surface area contributed by atoms with Gasteiger partial charge >= 0.3 is 0 Å². The Morgan fingerprint density at radius 3 is 2.50 bits per heavy atom. The SMILES string of the molecule is CC(C)C(Br)(Cc1cccc(S(N)(=O)=O)c1)c1ccccn1. The van der Waals surface area contributed by atoms with E-state index in [-0.39, 0.29) is 15.1 Å². The monoisotopic (exact) mass is 382 g/mol. The van der Waals surface area contributed by atoms with Gasteiger partial charge in [-0.2, -0.15) is 0 Å². The van der Waals surface area contributed by atoms with Crippen LogP contribution in [0.3, 0.4) is 0 Å². The van der Waals surface area contributed by atoms with Gasteiger partial charge < -0.3 is 0 Å². The zero-order chi connectivity index (χ0) is 16.4. The van der Waals surface area contributed by atoms with Gasteiger partial charge in [-0.05, 0) is 42.2 Å². The van der Waals surface area contributed by atoms with Crippen molar-refractivity contribution < 1.29 is 8.42 Å². The first-order valence-electron chi connectivity index (χ1n) is 6.95. The number of primary sulfonamides is 1. The Morgan fingerprint density at radius 1 is 1.23 bits per heavy atom. The summed E-state index contributed by atoms with van der Waals surface area (Å²) < 4.78 is 22.6. The van der Waals surface area contributed by atoms with Crippen molar-refractivity contribution in [1.29, 1.82) is 0 Å². The van der Waals surface area contributed by atoms with Gasteiger partial charge in [0.2, 0.25) is 10.0 Å². The molecule has 0 radical (unpaired) electrons. The van der Waals surface area contributed by atoms with E-state index in [0.717, 1.165) is 11.3 Å².